The van der Waals surface area contributed by atoms with Gasteiger partial charge < -0.3 is 9.47 Å². The fourth-order valence-corrected chi connectivity index (χ4v) is 1.07. The zero-order chi connectivity index (χ0) is 7.23. The number of halogens is 1. The Bertz CT molecular complexity index is 81.7. The van der Waals surface area contributed by atoms with Crippen LogP contribution in [0.4, 0.5) is 4.39 Å². The number of alkyl halides is 1. The standard InChI is InChI=1S/C7H13FO2/c8-3-1-2-7-4-9-6-10-5-7/h7H,1-6H2. The molecule has 0 spiro atoms. The van der Waals surface area contributed by atoms with E-state index < -0.39 is 0 Å². The van der Waals surface area contributed by atoms with Crippen LogP contribution in [-0.2, 0) is 9.47 Å². The molecule has 2 nitrogen and oxygen atoms in total. The number of hydrogen-bond acceptors (Lipinski definition) is 2. The Labute approximate surface area is 60.3 Å². The molecular formula is C7H13FO2. The van der Waals surface area contributed by atoms with Crippen LogP contribution in [-0.4, -0.2) is 26.7 Å². The van der Waals surface area contributed by atoms with Crippen molar-refractivity contribution in [3.63, 3.8) is 0 Å². The molecule has 0 amide bonds. The molecule has 1 aliphatic heterocycles. The Morgan fingerprint density at radius 2 is 2.00 bits per heavy atom. The summed E-state index contributed by atoms with van der Waals surface area (Å²) >= 11 is 0. The van der Waals surface area contributed by atoms with Crippen LogP contribution in [0.1, 0.15) is 12.8 Å². The Morgan fingerprint density at radius 3 is 2.60 bits per heavy atom. The summed E-state index contributed by atoms with van der Waals surface area (Å²) in [5.41, 5.74) is 0. The minimum Gasteiger partial charge on any atom is -0.355 e. The molecule has 3 heteroatoms. The van der Waals surface area contributed by atoms with Crippen LogP contribution in [0.5, 0.6) is 0 Å². The van der Waals surface area contributed by atoms with Gasteiger partial charge in [-0.05, 0) is 12.8 Å². The van der Waals surface area contributed by atoms with Crippen molar-refractivity contribution >= 4 is 0 Å². The van der Waals surface area contributed by atoms with Gasteiger partial charge in [-0.3, -0.25) is 4.39 Å². The van der Waals surface area contributed by atoms with Gasteiger partial charge in [-0.1, -0.05) is 0 Å². The van der Waals surface area contributed by atoms with Gasteiger partial charge in [0.1, 0.15) is 6.79 Å². The van der Waals surface area contributed by atoms with Gasteiger partial charge in [-0.25, -0.2) is 0 Å². The minimum absolute atomic E-state index is 0.226. The molecule has 60 valence electrons. The summed E-state index contributed by atoms with van der Waals surface area (Å²) in [6.45, 7) is 1.66. The topological polar surface area (TPSA) is 18.5 Å². The molecule has 0 radical (unpaired) electrons. The summed E-state index contributed by atoms with van der Waals surface area (Å²) in [5.74, 6) is 0.421. The predicted octanol–water partition coefficient (Wildman–Crippen LogP) is 1.36. The molecule has 0 aromatic carbocycles. The molecule has 0 atom stereocenters. The van der Waals surface area contributed by atoms with Crippen LogP contribution in [0.3, 0.4) is 0 Å². The van der Waals surface area contributed by atoms with Crippen molar-refractivity contribution in [2.45, 2.75) is 12.8 Å². The largest absolute Gasteiger partial charge is 0.355 e. The zero-order valence-electron chi connectivity index (χ0n) is 6.01. The fraction of sp³-hybridized carbons (Fsp3) is 1.00. The molecular weight excluding hydrogens is 135 g/mol. The molecule has 0 unspecified atom stereocenters. The van der Waals surface area contributed by atoms with Gasteiger partial charge in [-0.2, -0.15) is 0 Å². The maximum atomic E-state index is 11.7. The molecule has 0 aromatic heterocycles. The van der Waals surface area contributed by atoms with Crippen molar-refractivity contribution in [1.82, 2.24) is 0 Å². The van der Waals surface area contributed by atoms with Crippen molar-refractivity contribution in [2.75, 3.05) is 26.7 Å². The van der Waals surface area contributed by atoms with Crippen molar-refractivity contribution in [2.24, 2.45) is 5.92 Å². The van der Waals surface area contributed by atoms with E-state index in [0.717, 1.165) is 19.6 Å². The first-order valence-electron chi connectivity index (χ1n) is 3.65. The predicted molar refractivity (Wildman–Crippen MR) is 35.5 cm³/mol. The number of ether oxygens (including phenoxy) is 2. The Morgan fingerprint density at radius 1 is 1.30 bits per heavy atom. The van der Waals surface area contributed by atoms with Crippen molar-refractivity contribution < 1.29 is 13.9 Å². The highest BCUT2D eigenvalue weighted by Crippen LogP contribution is 2.11. The lowest BCUT2D eigenvalue weighted by Gasteiger charge is -2.21. The van der Waals surface area contributed by atoms with E-state index in [1.54, 1.807) is 0 Å². The van der Waals surface area contributed by atoms with E-state index in [1.807, 2.05) is 0 Å². The second-order valence-electron chi connectivity index (χ2n) is 2.56. The van der Waals surface area contributed by atoms with Crippen LogP contribution in [0.15, 0.2) is 0 Å². The maximum absolute atomic E-state index is 11.7. The monoisotopic (exact) mass is 148 g/mol. The van der Waals surface area contributed by atoms with Gasteiger partial charge in [0.05, 0.1) is 19.9 Å². The maximum Gasteiger partial charge on any atom is 0.146 e. The average Bonchev–Trinajstić information content (AvgIpc) is 2.03. The molecule has 0 aromatic rings. The molecule has 1 saturated heterocycles. The highest BCUT2D eigenvalue weighted by Gasteiger charge is 2.12. The third kappa shape index (κ3) is 2.62. The van der Waals surface area contributed by atoms with Gasteiger partial charge >= 0.3 is 0 Å². The van der Waals surface area contributed by atoms with Gasteiger partial charge in [-0.15, -0.1) is 0 Å². The first-order chi connectivity index (χ1) is 4.93. The summed E-state index contributed by atoms with van der Waals surface area (Å²) in [4.78, 5) is 0. The van der Waals surface area contributed by atoms with E-state index in [0.29, 0.717) is 19.1 Å². The van der Waals surface area contributed by atoms with Crippen molar-refractivity contribution in [3.8, 4) is 0 Å². The van der Waals surface area contributed by atoms with E-state index in [9.17, 15) is 4.39 Å². The smallest absolute Gasteiger partial charge is 0.146 e. The Hall–Kier alpha value is -0.150. The highest BCUT2D eigenvalue weighted by molar-refractivity contribution is 4.58. The fourth-order valence-electron chi connectivity index (χ4n) is 1.07. The third-order valence-electron chi connectivity index (χ3n) is 1.62. The van der Waals surface area contributed by atoms with Gasteiger partial charge in [0.25, 0.3) is 0 Å². The van der Waals surface area contributed by atoms with E-state index in [2.05, 4.69) is 0 Å². The molecule has 1 heterocycles. The highest BCUT2D eigenvalue weighted by atomic mass is 19.1. The first-order valence-corrected chi connectivity index (χ1v) is 3.65. The summed E-state index contributed by atoms with van der Waals surface area (Å²) in [5, 5.41) is 0. The molecule has 1 aliphatic rings. The quantitative estimate of drug-likeness (QED) is 0.601. The van der Waals surface area contributed by atoms with E-state index in [4.69, 9.17) is 9.47 Å². The average molecular weight is 148 g/mol. The summed E-state index contributed by atoms with van der Waals surface area (Å²) in [7, 11) is 0. The lowest BCUT2D eigenvalue weighted by atomic mass is 10.1. The summed E-state index contributed by atoms with van der Waals surface area (Å²) in [6, 6.07) is 0. The van der Waals surface area contributed by atoms with E-state index >= 15 is 0 Å². The lowest BCUT2D eigenvalue weighted by molar-refractivity contribution is -0.127. The van der Waals surface area contributed by atoms with E-state index in [-0.39, 0.29) is 6.67 Å². The van der Waals surface area contributed by atoms with Crippen molar-refractivity contribution in [3.05, 3.63) is 0 Å². The van der Waals surface area contributed by atoms with E-state index in [1.165, 1.54) is 0 Å². The first kappa shape index (κ1) is 7.95. The SMILES string of the molecule is FCCCC1COCOC1. The molecule has 0 N–H and O–H groups in total. The summed E-state index contributed by atoms with van der Waals surface area (Å²) in [6.07, 6.45) is 1.52. The molecule has 1 fully saturated rings. The second kappa shape index (κ2) is 4.63. The molecule has 1 rings (SSSR count). The number of hydrogen-bond donors (Lipinski definition) is 0. The van der Waals surface area contributed by atoms with Gasteiger partial charge in [0.15, 0.2) is 0 Å². The Kier molecular flexibility index (Phi) is 3.68. The van der Waals surface area contributed by atoms with Crippen molar-refractivity contribution in [1.29, 1.82) is 0 Å². The van der Waals surface area contributed by atoms with Crippen LogP contribution in [0, 0.1) is 5.92 Å². The number of rotatable bonds is 3. The minimum atomic E-state index is -0.226. The molecule has 10 heavy (non-hydrogen) atoms. The molecule has 0 bridgehead atoms. The lowest BCUT2D eigenvalue weighted by Crippen LogP contribution is -2.23. The van der Waals surface area contributed by atoms with Crippen LogP contribution >= 0.6 is 0 Å². The Balaban J connectivity index is 2.02. The van der Waals surface area contributed by atoms with Crippen LogP contribution in [0.2, 0.25) is 0 Å². The second-order valence-corrected chi connectivity index (χ2v) is 2.56. The van der Waals surface area contributed by atoms with Crippen LogP contribution in [0.25, 0.3) is 0 Å². The molecule has 0 aliphatic carbocycles. The molecule has 0 saturated carbocycles. The van der Waals surface area contributed by atoms with Gasteiger partial charge in [0, 0.05) is 5.92 Å². The van der Waals surface area contributed by atoms with Gasteiger partial charge in [0.2, 0.25) is 0 Å². The third-order valence-corrected chi connectivity index (χ3v) is 1.62. The zero-order valence-corrected chi connectivity index (χ0v) is 6.01. The normalized spacial score (nSPS) is 21.3. The summed E-state index contributed by atoms with van der Waals surface area (Å²) < 4.78 is 21.7. The van der Waals surface area contributed by atoms with Crippen LogP contribution < -0.4 is 0 Å².